The first-order valence-electron chi connectivity index (χ1n) is 6.01. The Balaban J connectivity index is 2.00. The number of nitrogens with zero attached hydrogens (tertiary/aromatic N) is 6. The molecule has 0 unspecified atom stereocenters. The maximum Gasteiger partial charge on any atom is 0.241 e. The molecular formula is C11H11ClN6O2. The topological polar surface area (TPSA) is 86.0 Å². The van der Waals surface area contributed by atoms with Crippen LogP contribution >= 0.6 is 11.6 Å². The largest absolute Gasteiger partial charge is 0.378 e. The normalized spacial score (nSPS) is 15.3. The average molecular weight is 295 g/mol. The first-order valence-corrected chi connectivity index (χ1v) is 6.39. The molecule has 2 aromatic rings. The van der Waals surface area contributed by atoms with E-state index in [1.165, 1.54) is 10.8 Å². The average Bonchev–Trinajstić information content (AvgIpc) is 2.96. The van der Waals surface area contributed by atoms with Crippen molar-refractivity contribution in [2.24, 2.45) is 0 Å². The number of halogens is 1. The molecule has 0 atom stereocenters. The van der Waals surface area contributed by atoms with Gasteiger partial charge in [-0.25, -0.2) is 4.98 Å². The third kappa shape index (κ3) is 2.47. The molecular weight excluding hydrogens is 284 g/mol. The third-order valence-corrected chi connectivity index (χ3v) is 3.04. The number of imidazole rings is 1. The van der Waals surface area contributed by atoms with Crippen LogP contribution in [0.15, 0.2) is 12.4 Å². The molecule has 1 aliphatic heterocycles. The number of anilines is 1. The Labute approximate surface area is 119 Å². The minimum atomic E-state index is 0.0713. The van der Waals surface area contributed by atoms with Crippen molar-refractivity contribution < 1.29 is 9.53 Å². The van der Waals surface area contributed by atoms with E-state index < -0.39 is 0 Å². The van der Waals surface area contributed by atoms with Crippen LogP contribution in [0.5, 0.6) is 0 Å². The molecule has 9 heteroatoms. The van der Waals surface area contributed by atoms with Gasteiger partial charge in [-0.2, -0.15) is 15.0 Å². The van der Waals surface area contributed by atoms with Crippen LogP contribution in [-0.4, -0.2) is 57.1 Å². The van der Waals surface area contributed by atoms with E-state index in [9.17, 15) is 4.79 Å². The Morgan fingerprint density at radius 2 is 1.95 bits per heavy atom. The van der Waals surface area contributed by atoms with Crippen molar-refractivity contribution in [1.82, 2.24) is 24.5 Å². The van der Waals surface area contributed by atoms with Gasteiger partial charge in [0.05, 0.1) is 13.2 Å². The van der Waals surface area contributed by atoms with Gasteiger partial charge in [0.2, 0.25) is 17.2 Å². The Kier molecular flexibility index (Phi) is 3.57. The number of rotatable bonds is 3. The molecule has 2 aromatic heterocycles. The van der Waals surface area contributed by atoms with Crippen molar-refractivity contribution in [2.75, 3.05) is 31.2 Å². The van der Waals surface area contributed by atoms with E-state index in [1.54, 1.807) is 6.20 Å². The Morgan fingerprint density at radius 3 is 2.70 bits per heavy atom. The van der Waals surface area contributed by atoms with Gasteiger partial charge < -0.3 is 9.64 Å². The summed E-state index contributed by atoms with van der Waals surface area (Å²) >= 11 is 5.94. The first-order chi connectivity index (χ1) is 9.78. The number of aromatic nitrogens is 5. The van der Waals surface area contributed by atoms with E-state index in [0.29, 0.717) is 38.5 Å². The molecule has 8 nitrogen and oxygen atoms in total. The van der Waals surface area contributed by atoms with Gasteiger partial charge in [-0.05, 0) is 11.6 Å². The smallest absolute Gasteiger partial charge is 0.241 e. The lowest BCUT2D eigenvalue weighted by Gasteiger charge is -2.26. The molecule has 104 valence electrons. The molecule has 0 spiro atoms. The summed E-state index contributed by atoms with van der Waals surface area (Å²) in [4.78, 5) is 29.3. The first kappa shape index (κ1) is 12.9. The summed E-state index contributed by atoms with van der Waals surface area (Å²) in [5, 5.41) is 0.0713. The van der Waals surface area contributed by atoms with Crippen molar-refractivity contribution in [3.63, 3.8) is 0 Å². The number of ether oxygens (including phenoxy) is 1. The summed E-state index contributed by atoms with van der Waals surface area (Å²) in [5.41, 5.74) is 0. The summed E-state index contributed by atoms with van der Waals surface area (Å²) in [6.45, 7) is 2.60. The molecule has 3 rings (SSSR count). The fraction of sp³-hybridized carbons (Fsp3) is 0.364. The van der Waals surface area contributed by atoms with Crippen LogP contribution in [0, 0.1) is 0 Å². The van der Waals surface area contributed by atoms with Crippen molar-refractivity contribution in [2.45, 2.75) is 0 Å². The molecule has 0 radical (unpaired) electrons. The monoisotopic (exact) mass is 294 g/mol. The van der Waals surface area contributed by atoms with Crippen LogP contribution in [0.2, 0.25) is 5.28 Å². The number of hydrogen-bond donors (Lipinski definition) is 0. The van der Waals surface area contributed by atoms with Crippen molar-refractivity contribution in [3.8, 4) is 5.95 Å². The molecule has 0 aromatic carbocycles. The highest BCUT2D eigenvalue weighted by molar-refractivity contribution is 6.28. The van der Waals surface area contributed by atoms with Crippen molar-refractivity contribution in [3.05, 3.63) is 23.5 Å². The minimum absolute atomic E-state index is 0.0713. The maximum atomic E-state index is 10.9. The zero-order valence-electron chi connectivity index (χ0n) is 10.4. The standard InChI is InChI=1S/C11H11ClN6O2/c12-9-14-10(17-3-5-20-6-4-17)16-11(15-9)18-2-1-13-8(18)7-19/h1-2,7H,3-6H2. The second-order valence-electron chi connectivity index (χ2n) is 4.08. The van der Waals surface area contributed by atoms with Gasteiger partial charge in [0.25, 0.3) is 0 Å². The molecule has 3 heterocycles. The second-order valence-corrected chi connectivity index (χ2v) is 4.42. The van der Waals surface area contributed by atoms with Crippen LogP contribution in [0.4, 0.5) is 5.95 Å². The van der Waals surface area contributed by atoms with Crippen LogP contribution in [0.1, 0.15) is 10.6 Å². The summed E-state index contributed by atoms with van der Waals surface area (Å²) in [6, 6.07) is 0. The SMILES string of the molecule is O=Cc1nccn1-c1nc(Cl)nc(N2CCOCC2)n1. The van der Waals surface area contributed by atoms with E-state index in [-0.39, 0.29) is 17.1 Å². The quantitative estimate of drug-likeness (QED) is 0.755. The summed E-state index contributed by atoms with van der Waals surface area (Å²) < 4.78 is 6.75. The van der Waals surface area contributed by atoms with Crippen molar-refractivity contribution in [1.29, 1.82) is 0 Å². The number of hydrogen-bond acceptors (Lipinski definition) is 7. The highest BCUT2D eigenvalue weighted by atomic mass is 35.5. The van der Waals surface area contributed by atoms with E-state index in [4.69, 9.17) is 16.3 Å². The number of aldehydes is 1. The Morgan fingerprint density at radius 1 is 1.20 bits per heavy atom. The zero-order chi connectivity index (χ0) is 13.9. The number of morpholine rings is 1. The van der Waals surface area contributed by atoms with Gasteiger partial charge in [-0.3, -0.25) is 9.36 Å². The van der Waals surface area contributed by atoms with Crippen LogP contribution in [-0.2, 0) is 4.74 Å². The van der Waals surface area contributed by atoms with Crippen molar-refractivity contribution >= 4 is 23.8 Å². The molecule has 1 aliphatic rings. The zero-order valence-corrected chi connectivity index (χ0v) is 11.2. The van der Waals surface area contributed by atoms with Gasteiger partial charge in [0.15, 0.2) is 12.1 Å². The maximum absolute atomic E-state index is 10.9. The lowest BCUT2D eigenvalue weighted by molar-refractivity contribution is 0.111. The summed E-state index contributed by atoms with van der Waals surface area (Å²) in [5.74, 6) is 0.945. The van der Waals surface area contributed by atoms with Crippen LogP contribution in [0.25, 0.3) is 5.95 Å². The molecule has 0 N–H and O–H groups in total. The van der Waals surface area contributed by atoms with Crippen LogP contribution in [0.3, 0.4) is 0 Å². The highest BCUT2D eigenvalue weighted by Gasteiger charge is 2.17. The minimum Gasteiger partial charge on any atom is -0.378 e. The summed E-state index contributed by atoms with van der Waals surface area (Å²) in [7, 11) is 0. The highest BCUT2D eigenvalue weighted by Crippen LogP contribution is 2.15. The van der Waals surface area contributed by atoms with Gasteiger partial charge in [0.1, 0.15) is 0 Å². The fourth-order valence-electron chi connectivity index (χ4n) is 1.91. The molecule has 20 heavy (non-hydrogen) atoms. The van der Waals surface area contributed by atoms with E-state index in [2.05, 4.69) is 19.9 Å². The second kappa shape index (κ2) is 5.51. The van der Waals surface area contributed by atoms with E-state index in [1.807, 2.05) is 4.90 Å². The Hall–Kier alpha value is -2.06. The molecule has 1 saturated heterocycles. The predicted molar refractivity (Wildman–Crippen MR) is 70.4 cm³/mol. The fourth-order valence-corrected chi connectivity index (χ4v) is 2.06. The third-order valence-electron chi connectivity index (χ3n) is 2.87. The summed E-state index contributed by atoms with van der Waals surface area (Å²) in [6.07, 6.45) is 3.72. The number of carbonyl (C=O) groups is 1. The van der Waals surface area contributed by atoms with E-state index >= 15 is 0 Å². The molecule has 0 aliphatic carbocycles. The lowest BCUT2D eigenvalue weighted by Crippen LogP contribution is -2.37. The van der Waals surface area contributed by atoms with Gasteiger partial charge in [-0.15, -0.1) is 0 Å². The lowest BCUT2D eigenvalue weighted by atomic mass is 10.4. The van der Waals surface area contributed by atoms with Gasteiger partial charge >= 0.3 is 0 Å². The Bertz CT molecular complexity index is 625. The molecule has 0 amide bonds. The van der Waals surface area contributed by atoms with E-state index in [0.717, 1.165) is 0 Å². The van der Waals surface area contributed by atoms with Gasteiger partial charge in [0, 0.05) is 25.5 Å². The molecule has 0 saturated carbocycles. The number of carbonyl (C=O) groups excluding carboxylic acids is 1. The van der Waals surface area contributed by atoms with Gasteiger partial charge in [-0.1, -0.05) is 0 Å². The predicted octanol–water partition coefficient (Wildman–Crippen LogP) is 0.360. The molecule has 1 fully saturated rings. The van der Waals surface area contributed by atoms with Crippen LogP contribution < -0.4 is 4.90 Å². The molecule has 0 bridgehead atoms.